The van der Waals surface area contributed by atoms with E-state index >= 15 is 0 Å². The normalized spacial score (nSPS) is 24.5. The number of alkyl halides is 1. The van der Waals surface area contributed by atoms with E-state index in [-0.39, 0.29) is 17.8 Å². The average molecular weight is 457 g/mol. The van der Waals surface area contributed by atoms with Crippen LogP contribution in [0.25, 0.3) is 10.8 Å². The summed E-state index contributed by atoms with van der Waals surface area (Å²) >= 11 is 6.83. The fraction of sp³-hybridized carbons (Fsp3) is 0.577. The van der Waals surface area contributed by atoms with Gasteiger partial charge in [-0.25, -0.2) is 4.79 Å². The predicted molar refractivity (Wildman–Crippen MR) is 134 cm³/mol. The molecule has 32 heavy (non-hydrogen) atoms. The molecule has 1 heterocycles. The Balaban J connectivity index is 1.41. The lowest BCUT2D eigenvalue weighted by atomic mass is 10.00. The summed E-state index contributed by atoms with van der Waals surface area (Å²) < 4.78 is 0. The third-order valence-corrected chi connectivity index (χ3v) is 7.31. The van der Waals surface area contributed by atoms with Crippen molar-refractivity contribution in [3.05, 3.63) is 42.5 Å². The van der Waals surface area contributed by atoms with Gasteiger partial charge in [-0.3, -0.25) is 10.2 Å². The van der Waals surface area contributed by atoms with Gasteiger partial charge in [0.05, 0.1) is 5.50 Å². The highest BCUT2D eigenvalue weighted by atomic mass is 35.5. The predicted octanol–water partition coefficient (Wildman–Crippen LogP) is 6.39. The Morgan fingerprint density at radius 1 is 0.875 bits per heavy atom. The number of carbonyl (C=O) groups excluding carboxylic acids is 1. The molecule has 0 aromatic heterocycles. The van der Waals surface area contributed by atoms with Crippen molar-refractivity contribution < 1.29 is 4.79 Å². The van der Waals surface area contributed by atoms with Crippen LogP contribution in [-0.2, 0) is 0 Å². The number of amides is 2. The van der Waals surface area contributed by atoms with Crippen molar-refractivity contribution >= 4 is 34.1 Å². The summed E-state index contributed by atoms with van der Waals surface area (Å²) in [7, 11) is 0. The second kappa shape index (κ2) is 11.9. The van der Waals surface area contributed by atoms with Crippen molar-refractivity contribution in [3.63, 3.8) is 0 Å². The molecule has 2 unspecified atom stereocenters. The zero-order valence-corrected chi connectivity index (χ0v) is 19.7. The maximum atomic E-state index is 12.9. The number of hydrogen-bond donors (Lipinski definition) is 3. The first-order chi connectivity index (χ1) is 15.7. The molecule has 1 aliphatic heterocycles. The summed E-state index contributed by atoms with van der Waals surface area (Å²) in [5, 5.41) is 11.9. The average Bonchev–Trinajstić information content (AvgIpc) is 2.85. The van der Waals surface area contributed by atoms with Crippen molar-refractivity contribution in [1.29, 1.82) is 0 Å². The molecule has 0 spiro atoms. The van der Waals surface area contributed by atoms with Crippen LogP contribution in [0.5, 0.6) is 0 Å². The number of carbonyl (C=O) groups is 1. The number of rotatable bonds is 3. The van der Waals surface area contributed by atoms with Gasteiger partial charge in [0.25, 0.3) is 0 Å². The van der Waals surface area contributed by atoms with Crippen molar-refractivity contribution in [2.75, 3.05) is 11.9 Å². The number of nitrogens with one attached hydrogen (secondary N) is 3. The van der Waals surface area contributed by atoms with Crippen LogP contribution in [-0.4, -0.2) is 35.3 Å². The molecule has 174 valence electrons. The Hall–Kier alpha value is -1.82. The van der Waals surface area contributed by atoms with Gasteiger partial charge in [0, 0.05) is 18.3 Å². The number of hydrogen-bond acceptors (Lipinski definition) is 3. The lowest BCUT2D eigenvalue weighted by Gasteiger charge is -2.45. The third kappa shape index (κ3) is 6.37. The fourth-order valence-corrected chi connectivity index (χ4v) is 5.52. The second-order valence-corrected chi connectivity index (χ2v) is 9.75. The number of benzene rings is 2. The minimum atomic E-state index is -0.248. The molecule has 4 rings (SSSR count). The molecule has 0 radical (unpaired) electrons. The van der Waals surface area contributed by atoms with Gasteiger partial charge in [0.2, 0.25) is 0 Å². The lowest BCUT2D eigenvalue weighted by molar-refractivity contribution is 0.0383. The highest BCUT2D eigenvalue weighted by Gasteiger charge is 2.35. The number of urea groups is 1. The molecule has 1 aliphatic carbocycles. The van der Waals surface area contributed by atoms with E-state index in [0.717, 1.165) is 42.3 Å². The second-order valence-electron chi connectivity index (χ2n) is 9.25. The van der Waals surface area contributed by atoms with E-state index in [0.29, 0.717) is 6.04 Å². The van der Waals surface area contributed by atoms with Crippen molar-refractivity contribution in [1.82, 2.24) is 15.5 Å². The van der Waals surface area contributed by atoms with Gasteiger partial charge in [0.1, 0.15) is 6.29 Å². The Morgan fingerprint density at radius 3 is 2.25 bits per heavy atom. The Bertz CT molecular complexity index is 864. The molecule has 0 bridgehead atoms. The quantitative estimate of drug-likeness (QED) is 0.370. The summed E-state index contributed by atoms with van der Waals surface area (Å²) in [6, 6.07) is 14.4. The maximum Gasteiger partial charge on any atom is 0.321 e. The van der Waals surface area contributed by atoms with E-state index in [4.69, 9.17) is 11.6 Å². The summed E-state index contributed by atoms with van der Waals surface area (Å²) in [6.07, 6.45) is 13.4. The molecular formula is C26H37ClN4O. The van der Waals surface area contributed by atoms with Crippen LogP contribution < -0.4 is 16.0 Å². The number of nitrogens with zero attached hydrogens (tertiary/aromatic N) is 1. The molecule has 2 aromatic carbocycles. The van der Waals surface area contributed by atoms with Crippen LogP contribution in [0, 0.1) is 0 Å². The van der Waals surface area contributed by atoms with E-state index < -0.39 is 0 Å². The first kappa shape index (κ1) is 23.3. The van der Waals surface area contributed by atoms with Gasteiger partial charge >= 0.3 is 6.03 Å². The largest absolute Gasteiger partial charge is 0.321 e. The number of anilines is 1. The summed E-state index contributed by atoms with van der Waals surface area (Å²) in [5.41, 5.74) is 0.735. The SMILES string of the molecule is O=C(Nc1ccc2ccccc2c1)NC1NCCC(Cl)N1C1CCCCCCCCCC1. The van der Waals surface area contributed by atoms with Gasteiger partial charge in [-0.2, -0.15) is 0 Å². The van der Waals surface area contributed by atoms with Crippen molar-refractivity contribution in [2.24, 2.45) is 0 Å². The van der Waals surface area contributed by atoms with Crippen molar-refractivity contribution in [3.8, 4) is 0 Å². The zero-order valence-electron chi connectivity index (χ0n) is 19.0. The van der Waals surface area contributed by atoms with Crippen LogP contribution in [0.15, 0.2) is 42.5 Å². The van der Waals surface area contributed by atoms with Crippen LogP contribution in [0.1, 0.15) is 70.6 Å². The minimum absolute atomic E-state index is 0.0580. The van der Waals surface area contributed by atoms with Crippen LogP contribution in [0.2, 0.25) is 0 Å². The van der Waals surface area contributed by atoms with Gasteiger partial charge in [-0.1, -0.05) is 81.7 Å². The zero-order chi connectivity index (χ0) is 22.2. The topological polar surface area (TPSA) is 56.4 Å². The fourth-order valence-electron chi connectivity index (χ4n) is 5.14. The molecule has 2 amide bonds. The van der Waals surface area contributed by atoms with Gasteiger partial charge in [0.15, 0.2) is 0 Å². The van der Waals surface area contributed by atoms with E-state index in [2.05, 4.69) is 33.0 Å². The highest BCUT2D eigenvalue weighted by molar-refractivity contribution is 6.20. The van der Waals surface area contributed by atoms with Gasteiger partial charge in [-0.05, 0) is 42.2 Å². The molecule has 2 atom stereocenters. The van der Waals surface area contributed by atoms with Gasteiger partial charge < -0.3 is 10.6 Å². The molecule has 3 N–H and O–H groups in total. The van der Waals surface area contributed by atoms with E-state index in [1.165, 1.54) is 51.4 Å². The summed E-state index contributed by atoms with van der Waals surface area (Å²) in [5.74, 6) is 0. The highest BCUT2D eigenvalue weighted by Crippen LogP contribution is 2.27. The molecule has 2 aliphatic rings. The third-order valence-electron chi connectivity index (χ3n) is 6.86. The van der Waals surface area contributed by atoms with Crippen LogP contribution in [0.3, 0.4) is 0 Å². The smallest absolute Gasteiger partial charge is 0.309 e. The molecule has 1 saturated carbocycles. The Morgan fingerprint density at radius 2 is 1.53 bits per heavy atom. The maximum absolute atomic E-state index is 12.9. The van der Waals surface area contributed by atoms with Crippen LogP contribution >= 0.6 is 11.6 Å². The van der Waals surface area contributed by atoms with Crippen molar-refractivity contribution in [2.45, 2.75) is 88.5 Å². The van der Waals surface area contributed by atoms with Crippen LogP contribution in [0.4, 0.5) is 10.5 Å². The summed E-state index contributed by atoms with van der Waals surface area (Å²) in [6.45, 7) is 0.804. The summed E-state index contributed by atoms with van der Waals surface area (Å²) in [4.78, 5) is 15.2. The molecule has 2 fully saturated rings. The first-order valence-electron chi connectivity index (χ1n) is 12.4. The van der Waals surface area contributed by atoms with E-state index in [1.54, 1.807) is 0 Å². The van der Waals surface area contributed by atoms with E-state index in [9.17, 15) is 4.79 Å². The molecular weight excluding hydrogens is 420 g/mol. The van der Waals surface area contributed by atoms with Gasteiger partial charge in [-0.15, -0.1) is 11.6 Å². The lowest BCUT2D eigenvalue weighted by Crippen LogP contribution is -2.65. The number of fused-ring (bicyclic) bond motifs is 1. The molecule has 1 saturated heterocycles. The standard InChI is InChI=1S/C26H37ClN4O/c27-24-17-18-28-25(31(24)23-13-7-5-3-1-2-4-6-8-14-23)30-26(32)29-22-16-15-20-11-9-10-12-21(20)19-22/h9-12,15-16,19,23-25,28H,1-8,13-14,17-18H2,(H2,29,30,32). The van der Waals surface area contributed by atoms with E-state index in [1.807, 2.05) is 30.3 Å². The molecule has 2 aromatic rings. The monoisotopic (exact) mass is 456 g/mol. The number of halogens is 1. The molecule has 6 heteroatoms. The minimum Gasteiger partial charge on any atom is -0.309 e. The molecule has 5 nitrogen and oxygen atoms in total. The Kier molecular flexibility index (Phi) is 8.66. The Labute approximate surface area is 197 Å². The first-order valence-corrected chi connectivity index (χ1v) is 12.9.